The van der Waals surface area contributed by atoms with Gasteiger partial charge in [0.1, 0.15) is 0 Å². The van der Waals surface area contributed by atoms with Crippen LogP contribution in [0.25, 0.3) is 0 Å². The van der Waals surface area contributed by atoms with Gasteiger partial charge in [0, 0.05) is 3400 Å². The van der Waals surface area contributed by atoms with Crippen molar-refractivity contribution in [2.75, 3.05) is 0 Å². The van der Waals surface area contributed by atoms with Gasteiger partial charge in [0.2, 0.25) is 0 Å². The Bertz CT molecular complexity index is 0. The average Bonchev–Trinajstić information content (AvgIpc) is 0. The third-order valence-electron chi connectivity index (χ3n) is 0. The summed E-state index contributed by atoms with van der Waals surface area (Å²) in [6, 6.07) is 0. The standard InChI is InChI=1S/88Tb. The van der Waals surface area contributed by atoms with Gasteiger partial charge in [-0.3, -0.25) is 0 Å². The van der Waals surface area contributed by atoms with E-state index in [1.807, 2.05) is 0 Å². The van der Waals surface area contributed by atoms with Crippen LogP contribution in [0.3, 0.4) is 0 Å². The van der Waals surface area contributed by atoms with E-state index in [1.54, 1.807) is 0 Å². The van der Waals surface area contributed by atoms with E-state index < -0.39 is 0 Å². The Labute approximate surface area is 3250 Å². The fourth-order valence-electron chi connectivity index (χ4n) is 0. The molecule has 0 saturated carbocycles. The number of hydrogen-bond acceptors (Lipinski definition) is 0. The molecular weight excluding hydrogens is 14000 g/mol. The van der Waals surface area contributed by atoms with E-state index >= 15 is 0 Å². The zero-order chi connectivity index (χ0) is 0. The topological polar surface area (TPSA) is 0 Å². The molecule has 0 atom stereocenters. The molecule has 88 heteroatoms. The Morgan fingerprint density at radius 1 is 0.0114 bits per heavy atom. The van der Waals surface area contributed by atoms with Crippen LogP contribution in [0.15, 0.2) is 0 Å². The maximum absolute atomic E-state index is 0. The average molecular weight is 14000 g/mol. The Morgan fingerprint density at radius 2 is 0.0114 bits per heavy atom. The fraction of sp³-hybridized carbons (Fsp3) is 0. The van der Waals surface area contributed by atoms with Crippen LogP contribution in [-0.2, 0) is 0 Å². The molecule has 0 aliphatic carbocycles. The van der Waals surface area contributed by atoms with Gasteiger partial charge in [-0.2, -0.15) is 0 Å². The van der Waals surface area contributed by atoms with Crippen molar-refractivity contribution in [1.29, 1.82) is 0 Å². The van der Waals surface area contributed by atoms with Crippen molar-refractivity contribution in [2.45, 2.75) is 0 Å². The molecule has 0 amide bonds. The fourth-order valence-corrected chi connectivity index (χ4v) is 0. The van der Waals surface area contributed by atoms with Crippen molar-refractivity contribution >= 4 is 0 Å². The molecule has 0 aromatic rings. The SMILES string of the molecule is [Tb].[Tb].[Tb].[Tb].[Tb].[Tb].[Tb].[Tb].[Tb].[Tb].[Tb].[Tb].[Tb].[Tb].[Tb].[Tb].[Tb].[Tb].[Tb].[Tb].[Tb].[Tb].[Tb].[Tb].[Tb].[Tb].[Tb].[Tb].[Tb].[Tb].[Tb].[Tb].[Tb].[Tb].[Tb].[Tb].[Tb].[Tb].[Tb].[Tb].[Tb].[Tb].[Tb].[Tb].[Tb].[Tb].[Tb].[Tb].[Tb].[Tb].[Tb].[Tb].[Tb].[Tb].[Tb].[Tb].[Tb].[Tb].[Tb].[Tb].[Tb].[Tb].[Tb].[Tb].[Tb].[Tb].[Tb].[Tb].[Tb].[Tb].[Tb].[Tb].[Tb].[Tb].[Tb].[Tb].[Tb].[Tb].[Tb].[Tb].[Tb].[Tb].[Tb].[Tb].[Tb].[Tb].[Tb].[Tb]. The molecule has 0 nitrogen and oxygen atoms in total. The smallest absolute Gasteiger partial charge is 0 e. The van der Waals surface area contributed by atoms with E-state index in [0.717, 1.165) is 0 Å². The summed E-state index contributed by atoms with van der Waals surface area (Å²) in [5.74, 6) is 0. The van der Waals surface area contributed by atoms with Crippen LogP contribution in [0, 0.1) is 3400 Å². The van der Waals surface area contributed by atoms with Gasteiger partial charge < -0.3 is 0 Å². The summed E-state index contributed by atoms with van der Waals surface area (Å²) in [7, 11) is 0. The Hall–Kier alpha value is 113. The monoisotopic (exact) mass is 14000 g/mol. The van der Waals surface area contributed by atoms with E-state index in [2.05, 4.69) is 0 Å². The number of hydrogen-bond donors (Lipinski definition) is 0. The van der Waals surface area contributed by atoms with Crippen LogP contribution >= 0.6 is 0 Å². The second-order valence-corrected chi connectivity index (χ2v) is 0. The molecule has 0 heterocycles. The zero-order valence-corrected chi connectivity index (χ0v) is 218. The van der Waals surface area contributed by atoms with Gasteiger partial charge in [-0.15, -0.1) is 0 Å². The molecule has 792 valence electrons. The largest absolute Gasteiger partial charge is 0 e. The van der Waals surface area contributed by atoms with E-state index in [4.69, 9.17) is 0 Å². The molecule has 0 aromatic carbocycles. The van der Waals surface area contributed by atoms with E-state index in [9.17, 15) is 0 Å². The molecule has 0 fully saturated rings. The molecule has 0 spiro atoms. The van der Waals surface area contributed by atoms with Crippen LogP contribution < -0.4 is 0 Å². The molecule has 88 heavy (non-hydrogen) atoms. The van der Waals surface area contributed by atoms with Crippen molar-refractivity contribution in [3.63, 3.8) is 0 Å². The maximum Gasteiger partial charge on any atom is 0 e. The first-order valence-corrected chi connectivity index (χ1v) is 0. The van der Waals surface area contributed by atoms with E-state index in [1.165, 1.54) is 0 Å². The summed E-state index contributed by atoms with van der Waals surface area (Å²) in [5, 5.41) is 0. The van der Waals surface area contributed by atoms with Crippen LogP contribution in [0.2, 0.25) is 0 Å². The summed E-state index contributed by atoms with van der Waals surface area (Å²) < 4.78 is 0. The van der Waals surface area contributed by atoms with Gasteiger partial charge in [0.15, 0.2) is 0 Å². The van der Waals surface area contributed by atoms with Crippen molar-refractivity contribution in [2.24, 2.45) is 0 Å². The normalized spacial score (nSPS) is 0. The van der Waals surface area contributed by atoms with E-state index in [-0.39, 0.29) is 3400 Å². The molecular formula is Tb88. The molecule has 0 bridgehead atoms. The van der Waals surface area contributed by atoms with Crippen molar-refractivity contribution in [1.82, 2.24) is 0 Å². The Morgan fingerprint density at radius 3 is 0.0114 bits per heavy atom. The molecule has 0 N–H and O–H groups in total. The van der Waals surface area contributed by atoms with Crippen molar-refractivity contribution in [3.8, 4) is 0 Å². The first-order chi connectivity index (χ1) is 0. The molecule has 0 unspecified atom stereocenters. The molecule has 88 radical (unpaired) electrons. The quantitative estimate of drug-likeness (QED) is 0.321. The van der Waals surface area contributed by atoms with Crippen molar-refractivity contribution in [3.05, 3.63) is 0 Å². The minimum Gasteiger partial charge on any atom is 0 e. The summed E-state index contributed by atoms with van der Waals surface area (Å²) in [6.07, 6.45) is 0. The Kier molecular flexibility index (Phi) is 4430. The molecule has 0 aliphatic heterocycles. The minimum absolute atomic E-state index is 0. The Balaban J connectivity index is 0. The third kappa shape index (κ3) is 611. The summed E-state index contributed by atoms with van der Waals surface area (Å²) in [6.45, 7) is 0. The molecule has 0 saturated heterocycles. The third-order valence-corrected chi connectivity index (χ3v) is 0. The first-order valence-electron chi connectivity index (χ1n) is 0. The second-order valence-electron chi connectivity index (χ2n) is 0. The molecule has 0 aromatic heterocycles. The van der Waals surface area contributed by atoms with Crippen molar-refractivity contribution < 1.29 is 3400 Å². The van der Waals surface area contributed by atoms with Gasteiger partial charge in [-0.25, -0.2) is 0 Å². The van der Waals surface area contributed by atoms with Gasteiger partial charge >= 0.3 is 0 Å². The van der Waals surface area contributed by atoms with Gasteiger partial charge in [-0.05, 0) is 0 Å². The summed E-state index contributed by atoms with van der Waals surface area (Å²) in [5.41, 5.74) is 0. The van der Waals surface area contributed by atoms with Crippen LogP contribution in [-0.4, -0.2) is 0 Å². The predicted octanol–water partition coefficient (Wildman–Crippen LogP) is 0. The predicted molar refractivity (Wildman–Crippen MR) is 0 cm³/mol. The van der Waals surface area contributed by atoms with Crippen LogP contribution in [0.5, 0.6) is 0 Å². The minimum atomic E-state index is 0. The van der Waals surface area contributed by atoms with Gasteiger partial charge in [0.05, 0.1) is 0 Å². The van der Waals surface area contributed by atoms with E-state index in [0.29, 0.717) is 0 Å². The van der Waals surface area contributed by atoms with Crippen LogP contribution in [0.1, 0.15) is 0 Å². The van der Waals surface area contributed by atoms with Gasteiger partial charge in [-0.1, -0.05) is 0 Å². The first kappa shape index (κ1) is 629. The summed E-state index contributed by atoms with van der Waals surface area (Å²) >= 11 is 0. The van der Waals surface area contributed by atoms with Crippen LogP contribution in [0.4, 0.5) is 0 Å². The second kappa shape index (κ2) is 620. The molecule has 0 rings (SSSR count). The zero-order valence-electron chi connectivity index (χ0n) is 29.3. The molecule has 0 aliphatic rings. The number of rotatable bonds is 0. The summed E-state index contributed by atoms with van der Waals surface area (Å²) in [4.78, 5) is 0. The van der Waals surface area contributed by atoms with Gasteiger partial charge in [0.25, 0.3) is 0 Å². The maximum atomic E-state index is 0.